The normalized spacial score (nSPS) is 14.2. The maximum atomic E-state index is 11.9. The van der Waals surface area contributed by atoms with Crippen molar-refractivity contribution >= 4 is 19.7 Å². The van der Waals surface area contributed by atoms with Crippen molar-refractivity contribution in [2.24, 2.45) is 0 Å². The third-order valence-corrected chi connectivity index (χ3v) is 8.27. The Kier molecular flexibility index (Phi) is 9.14. The zero-order chi connectivity index (χ0) is 27.3. The predicted molar refractivity (Wildman–Crippen MR) is 142 cm³/mol. The first-order valence-corrected chi connectivity index (χ1v) is 15.5. The monoisotopic (exact) mass is 547 g/mol. The van der Waals surface area contributed by atoms with E-state index < -0.39 is 31.4 Å². The molecular weight excluding hydrogens is 514 g/mol. The molecule has 0 saturated carbocycles. The molecule has 10 heteroatoms. The second-order valence-electron chi connectivity index (χ2n) is 9.24. The molecule has 8 nitrogen and oxygen atoms in total. The van der Waals surface area contributed by atoms with Crippen molar-refractivity contribution in [1.29, 1.82) is 0 Å². The number of nitrogens with one attached hydrogen (secondary N) is 1. The topological polar surface area (TPSA) is 130 Å². The lowest BCUT2D eigenvalue weighted by molar-refractivity contribution is 0.0557. The number of aliphatic hydroxyl groups is 2. The number of rotatable bonds is 12. The average Bonchev–Trinajstić information content (AvgIpc) is 2.86. The Bertz CT molecular complexity index is 1300. The summed E-state index contributed by atoms with van der Waals surface area (Å²) in [4.78, 5) is 0.248. The summed E-state index contributed by atoms with van der Waals surface area (Å²) in [5, 5.41) is 25.4. The van der Waals surface area contributed by atoms with Gasteiger partial charge in [0.25, 0.3) is 0 Å². The molecule has 0 spiro atoms. The van der Waals surface area contributed by atoms with Gasteiger partial charge in [-0.25, -0.2) is 16.8 Å². The highest BCUT2D eigenvalue weighted by Crippen LogP contribution is 2.35. The Hall–Kier alpha value is -2.76. The van der Waals surface area contributed by atoms with Gasteiger partial charge in [-0.2, -0.15) is 0 Å². The molecule has 0 heterocycles. The molecule has 2 atom stereocenters. The van der Waals surface area contributed by atoms with Crippen molar-refractivity contribution < 1.29 is 31.8 Å². The highest BCUT2D eigenvalue weighted by atomic mass is 32.2. The summed E-state index contributed by atoms with van der Waals surface area (Å²) in [5.74, 6) is 0.652. The first-order valence-electron chi connectivity index (χ1n) is 11.7. The molecule has 37 heavy (non-hydrogen) atoms. The second-order valence-corrected chi connectivity index (χ2v) is 13.3. The van der Waals surface area contributed by atoms with Gasteiger partial charge in [-0.3, -0.25) is 0 Å². The third-order valence-electron chi connectivity index (χ3n) is 6.01. The minimum absolute atomic E-state index is 0.0912. The fourth-order valence-corrected chi connectivity index (χ4v) is 5.24. The van der Waals surface area contributed by atoms with E-state index in [0.717, 1.165) is 12.5 Å². The minimum atomic E-state index is -3.42. The van der Waals surface area contributed by atoms with E-state index in [0.29, 0.717) is 16.9 Å². The summed E-state index contributed by atoms with van der Waals surface area (Å²) in [5.41, 5.74) is -0.661. The fraction of sp³-hybridized carbons (Fsp3) is 0.333. The molecule has 0 aliphatic rings. The van der Waals surface area contributed by atoms with Crippen molar-refractivity contribution in [1.82, 2.24) is 5.32 Å². The number of hydrogen-bond acceptors (Lipinski definition) is 8. The van der Waals surface area contributed by atoms with Crippen LogP contribution >= 0.6 is 0 Å². The van der Waals surface area contributed by atoms with Crippen LogP contribution in [0.2, 0.25) is 0 Å². The molecule has 0 unspecified atom stereocenters. The summed E-state index contributed by atoms with van der Waals surface area (Å²) in [6, 6.07) is 20.8. The van der Waals surface area contributed by atoms with Gasteiger partial charge in [-0.05, 0) is 60.9 Å². The van der Waals surface area contributed by atoms with Gasteiger partial charge < -0.3 is 20.3 Å². The molecule has 0 radical (unpaired) electrons. The summed E-state index contributed by atoms with van der Waals surface area (Å²) in [7, 11) is -6.84. The number of ether oxygens (including phenoxy) is 1. The van der Waals surface area contributed by atoms with Gasteiger partial charge in [-0.1, -0.05) is 42.5 Å². The Balaban J connectivity index is 1.79. The van der Waals surface area contributed by atoms with E-state index in [9.17, 15) is 27.0 Å². The predicted octanol–water partition coefficient (Wildman–Crippen LogP) is 2.54. The summed E-state index contributed by atoms with van der Waals surface area (Å²) < 4.78 is 53.2. The minimum Gasteiger partial charge on any atom is -0.491 e. The average molecular weight is 548 g/mol. The van der Waals surface area contributed by atoms with E-state index in [1.165, 1.54) is 24.3 Å². The highest BCUT2D eigenvalue weighted by molar-refractivity contribution is 7.91. The van der Waals surface area contributed by atoms with E-state index in [1.807, 2.05) is 25.1 Å². The number of aliphatic hydroxyl groups excluding tert-OH is 1. The number of para-hydroxylation sites is 1. The van der Waals surface area contributed by atoms with Crippen LogP contribution in [-0.4, -0.2) is 64.9 Å². The molecule has 0 aromatic heterocycles. The molecule has 0 aliphatic carbocycles. The lowest BCUT2D eigenvalue weighted by Gasteiger charge is -2.33. The molecule has 0 bridgehead atoms. The van der Waals surface area contributed by atoms with Gasteiger partial charge in [0.15, 0.2) is 19.7 Å². The molecule has 3 aromatic carbocycles. The van der Waals surface area contributed by atoms with Crippen LogP contribution in [0.4, 0.5) is 0 Å². The maximum absolute atomic E-state index is 11.9. The van der Waals surface area contributed by atoms with Crippen LogP contribution in [0.1, 0.15) is 24.5 Å². The van der Waals surface area contributed by atoms with Crippen molar-refractivity contribution in [2.75, 3.05) is 25.7 Å². The number of sulfone groups is 2. The SMILES string of the molecule is C[C@@H](CC(O)(c1ccc(S(C)(=O)=O)cc1)c1ccc(S(C)(=O)=O)cc1)NC[C@H](O)COc1ccccc1. The Morgan fingerprint density at radius 1 is 0.811 bits per heavy atom. The van der Waals surface area contributed by atoms with Crippen molar-refractivity contribution in [3.05, 3.63) is 90.0 Å². The van der Waals surface area contributed by atoms with Gasteiger partial charge in [0.2, 0.25) is 0 Å². The Morgan fingerprint density at radius 2 is 1.27 bits per heavy atom. The van der Waals surface area contributed by atoms with Crippen LogP contribution in [0.25, 0.3) is 0 Å². The van der Waals surface area contributed by atoms with Gasteiger partial charge in [0.05, 0.1) is 9.79 Å². The molecule has 0 aliphatic heterocycles. The molecule has 3 N–H and O–H groups in total. The lowest BCUT2D eigenvalue weighted by Crippen LogP contribution is -2.41. The Labute approximate surface area is 218 Å². The van der Waals surface area contributed by atoms with Crippen LogP contribution in [0, 0.1) is 0 Å². The molecule has 0 saturated heterocycles. The summed E-state index contributed by atoms with van der Waals surface area (Å²) >= 11 is 0. The smallest absolute Gasteiger partial charge is 0.175 e. The van der Waals surface area contributed by atoms with Crippen LogP contribution in [0.15, 0.2) is 88.7 Å². The second kappa shape index (κ2) is 11.7. The molecule has 0 amide bonds. The standard InChI is InChI=1S/C27H33NO7S2/c1-20(28-18-23(29)19-35-24-7-5-4-6-8-24)17-27(30,21-9-13-25(14-10-21)36(2,31)32)22-11-15-26(16-12-22)37(3,33)34/h4-16,20,23,28-30H,17-19H2,1-3H3/t20-,23-/m0/s1. The lowest BCUT2D eigenvalue weighted by atomic mass is 9.81. The van der Waals surface area contributed by atoms with E-state index in [1.54, 1.807) is 36.4 Å². The quantitative estimate of drug-likeness (QED) is 0.315. The van der Waals surface area contributed by atoms with E-state index >= 15 is 0 Å². The van der Waals surface area contributed by atoms with E-state index in [2.05, 4.69) is 5.32 Å². The van der Waals surface area contributed by atoms with E-state index in [4.69, 9.17) is 4.74 Å². The zero-order valence-electron chi connectivity index (χ0n) is 21.0. The van der Waals surface area contributed by atoms with Crippen molar-refractivity contribution in [3.63, 3.8) is 0 Å². The van der Waals surface area contributed by atoms with Crippen LogP contribution in [0.3, 0.4) is 0 Å². The largest absolute Gasteiger partial charge is 0.491 e. The molecule has 3 rings (SSSR count). The maximum Gasteiger partial charge on any atom is 0.175 e. The first kappa shape index (κ1) is 28.8. The van der Waals surface area contributed by atoms with Crippen LogP contribution < -0.4 is 10.1 Å². The zero-order valence-corrected chi connectivity index (χ0v) is 22.7. The van der Waals surface area contributed by atoms with Gasteiger partial charge in [-0.15, -0.1) is 0 Å². The van der Waals surface area contributed by atoms with Crippen molar-refractivity contribution in [3.8, 4) is 5.75 Å². The first-order chi connectivity index (χ1) is 17.3. The molecular formula is C27H33NO7S2. The van der Waals surface area contributed by atoms with Crippen LogP contribution in [0.5, 0.6) is 5.75 Å². The molecule has 200 valence electrons. The van der Waals surface area contributed by atoms with Crippen molar-refractivity contribution in [2.45, 2.75) is 40.9 Å². The molecule has 0 fully saturated rings. The Morgan fingerprint density at radius 3 is 1.70 bits per heavy atom. The van der Waals surface area contributed by atoms with Gasteiger partial charge >= 0.3 is 0 Å². The summed E-state index contributed by atoms with van der Waals surface area (Å²) in [6.07, 6.45) is 1.59. The third kappa shape index (κ3) is 7.86. The van der Waals surface area contributed by atoms with E-state index in [-0.39, 0.29) is 35.4 Å². The van der Waals surface area contributed by atoms with Crippen LogP contribution in [-0.2, 0) is 25.3 Å². The van der Waals surface area contributed by atoms with Gasteiger partial charge in [0.1, 0.15) is 24.1 Å². The number of hydrogen-bond donors (Lipinski definition) is 3. The summed E-state index contributed by atoms with van der Waals surface area (Å²) in [6.45, 7) is 2.16. The molecule has 3 aromatic rings. The number of benzene rings is 3. The fourth-order valence-electron chi connectivity index (χ4n) is 3.98. The highest BCUT2D eigenvalue weighted by Gasteiger charge is 2.34. The van der Waals surface area contributed by atoms with Gasteiger partial charge in [0, 0.05) is 25.1 Å².